The van der Waals surface area contributed by atoms with E-state index in [2.05, 4.69) is 6.92 Å². The summed E-state index contributed by atoms with van der Waals surface area (Å²) in [5.74, 6) is 0. The third-order valence-electron chi connectivity index (χ3n) is 2.02. The van der Waals surface area contributed by atoms with Crippen LogP contribution >= 0.6 is 0 Å². The molecular weight excluding hydrogens is 243 g/mol. The quantitative estimate of drug-likeness (QED) is 0.682. The molecule has 0 amide bonds. The first-order chi connectivity index (χ1) is 7.31. The number of unbranched alkanes of at least 4 members (excludes halogenated alkanes) is 5. The van der Waals surface area contributed by atoms with Crippen LogP contribution in [0, 0.1) is 6.92 Å². The molecule has 0 saturated heterocycles. The molecule has 0 aliphatic rings. The number of sulfonamides is 1. The van der Waals surface area contributed by atoms with Gasteiger partial charge < -0.3 is 0 Å². The van der Waals surface area contributed by atoms with E-state index in [-0.39, 0.29) is 6.54 Å². The molecule has 0 bridgehead atoms. The van der Waals surface area contributed by atoms with Crippen molar-refractivity contribution in [2.24, 2.45) is 0 Å². The van der Waals surface area contributed by atoms with E-state index in [1.807, 2.05) is 0 Å². The second-order valence-corrected chi connectivity index (χ2v) is 5.22. The fourth-order valence-corrected chi connectivity index (χ4v) is 1.70. The van der Waals surface area contributed by atoms with Gasteiger partial charge in [0.25, 0.3) is 0 Å². The number of hydrogen-bond acceptors (Lipinski definition) is 2. The molecule has 0 aromatic carbocycles. The van der Waals surface area contributed by atoms with Gasteiger partial charge in [0, 0.05) is 6.54 Å². The lowest BCUT2D eigenvalue weighted by molar-refractivity contribution is -0.0447. The van der Waals surface area contributed by atoms with Crippen molar-refractivity contribution in [1.29, 1.82) is 0 Å². The van der Waals surface area contributed by atoms with Crippen LogP contribution in [0.4, 0.5) is 13.2 Å². The van der Waals surface area contributed by atoms with Crippen LogP contribution in [-0.4, -0.2) is 20.5 Å². The van der Waals surface area contributed by atoms with E-state index in [0.717, 1.165) is 32.1 Å². The lowest BCUT2D eigenvalue weighted by Gasteiger charge is -2.08. The molecule has 0 atom stereocenters. The second-order valence-electron chi connectivity index (χ2n) is 3.46. The Bertz CT molecular complexity index is 275. The summed E-state index contributed by atoms with van der Waals surface area (Å²) in [6.07, 6.45) is 4.86. The first-order valence-electron chi connectivity index (χ1n) is 5.16. The van der Waals surface area contributed by atoms with Crippen molar-refractivity contribution < 1.29 is 21.6 Å². The summed E-state index contributed by atoms with van der Waals surface area (Å²) in [5, 5.41) is 0. The minimum atomic E-state index is -5.21. The number of rotatable bonds is 8. The Morgan fingerprint density at radius 3 is 2.00 bits per heavy atom. The maximum absolute atomic E-state index is 11.9. The molecule has 1 N–H and O–H groups in total. The van der Waals surface area contributed by atoms with Gasteiger partial charge in [0.2, 0.25) is 0 Å². The van der Waals surface area contributed by atoms with Crippen molar-refractivity contribution >= 4 is 10.0 Å². The molecule has 0 aliphatic carbocycles. The van der Waals surface area contributed by atoms with Crippen LogP contribution in [0.2, 0.25) is 0 Å². The molecule has 7 heteroatoms. The Hall–Kier alpha value is -0.300. The number of hydrogen-bond donors (Lipinski definition) is 1. The molecule has 0 unspecified atom stereocenters. The highest BCUT2D eigenvalue weighted by atomic mass is 32.2. The molecule has 0 fully saturated rings. The second kappa shape index (κ2) is 7.11. The van der Waals surface area contributed by atoms with Crippen molar-refractivity contribution in [3.8, 4) is 0 Å². The molecule has 0 rings (SSSR count). The first kappa shape index (κ1) is 15.7. The smallest absolute Gasteiger partial charge is 0.207 e. The lowest BCUT2D eigenvalue weighted by Crippen LogP contribution is -2.36. The lowest BCUT2D eigenvalue weighted by atomic mass is 10.1. The molecule has 3 nitrogen and oxygen atoms in total. The number of alkyl halides is 3. The largest absolute Gasteiger partial charge is 0.511 e. The van der Waals surface area contributed by atoms with Crippen LogP contribution in [0.25, 0.3) is 0 Å². The van der Waals surface area contributed by atoms with Crippen molar-refractivity contribution in [1.82, 2.24) is 4.72 Å². The maximum atomic E-state index is 11.9. The van der Waals surface area contributed by atoms with Crippen LogP contribution in [0.5, 0.6) is 0 Å². The predicted octanol–water partition coefficient (Wildman–Crippen LogP) is 2.60. The van der Waals surface area contributed by atoms with Gasteiger partial charge in [-0.25, -0.2) is 13.1 Å². The Morgan fingerprint density at radius 1 is 1.00 bits per heavy atom. The molecule has 16 heavy (non-hydrogen) atoms. The Labute approximate surface area is 94.5 Å². The number of nitrogens with one attached hydrogen (secondary N) is 1. The van der Waals surface area contributed by atoms with Crippen LogP contribution in [-0.2, 0) is 10.0 Å². The fourth-order valence-electron chi connectivity index (χ4n) is 1.12. The van der Waals surface area contributed by atoms with Crippen molar-refractivity contribution in [3.05, 3.63) is 6.92 Å². The van der Waals surface area contributed by atoms with Gasteiger partial charge in [-0.15, -0.1) is 0 Å². The van der Waals surface area contributed by atoms with E-state index in [4.69, 9.17) is 0 Å². The molecular formula is C9H17F3NO2S. The van der Waals surface area contributed by atoms with Gasteiger partial charge in [-0.05, 0) is 6.42 Å². The highest BCUT2D eigenvalue weighted by molar-refractivity contribution is 7.90. The van der Waals surface area contributed by atoms with Gasteiger partial charge in [-0.1, -0.05) is 39.0 Å². The summed E-state index contributed by atoms with van der Waals surface area (Å²) in [7, 11) is -5.16. The average molecular weight is 260 g/mol. The average Bonchev–Trinajstić information content (AvgIpc) is 2.14. The summed E-state index contributed by atoms with van der Waals surface area (Å²) in [6.45, 7) is 3.50. The molecule has 97 valence electrons. The van der Waals surface area contributed by atoms with Gasteiger partial charge in [0.15, 0.2) is 0 Å². The molecule has 0 aromatic rings. The van der Waals surface area contributed by atoms with E-state index in [0.29, 0.717) is 6.42 Å². The van der Waals surface area contributed by atoms with E-state index in [1.165, 1.54) is 4.72 Å². The van der Waals surface area contributed by atoms with Crippen molar-refractivity contribution in [3.63, 3.8) is 0 Å². The van der Waals surface area contributed by atoms with Crippen molar-refractivity contribution in [2.75, 3.05) is 6.54 Å². The van der Waals surface area contributed by atoms with Crippen LogP contribution < -0.4 is 4.72 Å². The van der Waals surface area contributed by atoms with Gasteiger partial charge in [-0.2, -0.15) is 13.2 Å². The third-order valence-corrected chi connectivity index (χ3v) is 3.22. The van der Waals surface area contributed by atoms with E-state index >= 15 is 0 Å². The van der Waals surface area contributed by atoms with Crippen LogP contribution in [0.1, 0.15) is 38.5 Å². The molecule has 1 radical (unpaired) electrons. The molecule has 0 aromatic heterocycles. The Kier molecular flexibility index (Phi) is 6.98. The zero-order chi connectivity index (χ0) is 12.7. The van der Waals surface area contributed by atoms with E-state index < -0.39 is 15.5 Å². The molecule has 0 heterocycles. The minimum absolute atomic E-state index is 0.160. The summed E-state index contributed by atoms with van der Waals surface area (Å²) in [4.78, 5) is 0. The number of halogens is 3. The minimum Gasteiger partial charge on any atom is -0.207 e. The van der Waals surface area contributed by atoms with Gasteiger partial charge in [-0.3, -0.25) is 0 Å². The van der Waals surface area contributed by atoms with Crippen LogP contribution in [0.15, 0.2) is 0 Å². The van der Waals surface area contributed by atoms with Crippen LogP contribution in [0.3, 0.4) is 0 Å². The monoisotopic (exact) mass is 260 g/mol. The first-order valence-corrected chi connectivity index (χ1v) is 6.65. The molecule has 0 spiro atoms. The van der Waals surface area contributed by atoms with E-state index in [1.54, 1.807) is 0 Å². The standard InChI is InChI=1S/C9H17F3NO2S/c1-2-3-4-5-6-7-8-13-16(14,15)9(10,11)12/h13H,1-8H2. The Balaban J connectivity index is 3.60. The normalized spacial score (nSPS) is 13.0. The zero-order valence-corrected chi connectivity index (χ0v) is 9.83. The van der Waals surface area contributed by atoms with Crippen molar-refractivity contribution in [2.45, 2.75) is 44.0 Å². The summed E-state index contributed by atoms with van der Waals surface area (Å²) in [6, 6.07) is 0. The topological polar surface area (TPSA) is 46.2 Å². The highest BCUT2D eigenvalue weighted by Gasteiger charge is 2.45. The maximum Gasteiger partial charge on any atom is 0.511 e. The molecule has 0 aliphatic heterocycles. The summed E-state index contributed by atoms with van der Waals surface area (Å²) < 4.78 is 58.2. The summed E-state index contributed by atoms with van der Waals surface area (Å²) >= 11 is 0. The summed E-state index contributed by atoms with van der Waals surface area (Å²) in [5.41, 5.74) is -5.21. The van der Waals surface area contributed by atoms with Gasteiger partial charge in [0.05, 0.1) is 0 Å². The fraction of sp³-hybridized carbons (Fsp3) is 0.889. The van der Waals surface area contributed by atoms with Gasteiger partial charge in [0.1, 0.15) is 0 Å². The third kappa shape index (κ3) is 6.32. The zero-order valence-electron chi connectivity index (χ0n) is 9.02. The Morgan fingerprint density at radius 2 is 1.50 bits per heavy atom. The predicted molar refractivity (Wildman–Crippen MR) is 56.0 cm³/mol. The molecule has 0 saturated carbocycles. The van der Waals surface area contributed by atoms with Gasteiger partial charge >= 0.3 is 15.5 Å². The van der Waals surface area contributed by atoms with E-state index in [9.17, 15) is 21.6 Å². The SMILES string of the molecule is [CH2]CCCCCCCNS(=O)(=O)C(F)(F)F. The highest BCUT2D eigenvalue weighted by Crippen LogP contribution is 2.21.